The van der Waals surface area contributed by atoms with Gasteiger partial charge in [-0.3, -0.25) is 4.79 Å². The number of methoxy groups -OCH3 is 1. The summed E-state index contributed by atoms with van der Waals surface area (Å²) >= 11 is 0. The summed E-state index contributed by atoms with van der Waals surface area (Å²) in [6.07, 6.45) is 0. The van der Waals surface area contributed by atoms with E-state index in [2.05, 4.69) is 23.9 Å². The molecule has 0 aliphatic rings. The zero-order chi connectivity index (χ0) is 18.4. The minimum Gasteiger partial charge on any atom is -0.484 e. The largest absolute Gasteiger partial charge is 0.484 e. The Labute approximate surface area is 148 Å². The highest BCUT2D eigenvalue weighted by molar-refractivity contribution is 5.95. The van der Waals surface area contributed by atoms with Crippen molar-refractivity contribution in [2.24, 2.45) is 0 Å². The number of anilines is 1. The zero-order valence-electron chi connectivity index (χ0n) is 15.0. The van der Waals surface area contributed by atoms with E-state index in [1.807, 2.05) is 25.1 Å². The second-order valence-corrected chi connectivity index (χ2v) is 6.08. The molecule has 0 heterocycles. The quantitative estimate of drug-likeness (QED) is 0.809. The van der Waals surface area contributed by atoms with Crippen LogP contribution in [0.15, 0.2) is 42.5 Å². The van der Waals surface area contributed by atoms with Crippen LogP contribution in [0.5, 0.6) is 5.75 Å². The molecular weight excluding hydrogens is 318 g/mol. The van der Waals surface area contributed by atoms with E-state index in [1.54, 1.807) is 24.3 Å². The van der Waals surface area contributed by atoms with E-state index >= 15 is 0 Å². The maximum absolute atomic E-state index is 12.0. The van der Waals surface area contributed by atoms with Gasteiger partial charge in [-0.2, -0.15) is 0 Å². The highest BCUT2D eigenvalue weighted by Gasteiger charge is 2.09. The van der Waals surface area contributed by atoms with E-state index in [4.69, 9.17) is 4.74 Å². The molecule has 132 valence electrons. The molecule has 2 rings (SSSR count). The predicted octanol–water partition coefficient (Wildman–Crippen LogP) is 3.92. The Morgan fingerprint density at radius 1 is 1.12 bits per heavy atom. The number of amides is 1. The van der Waals surface area contributed by atoms with Crippen LogP contribution < -0.4 is 10.1 Å². The van der Waals surface area contributed by atoms with Gasteiger partial charge in [-0.1, -0.05) is 26.0 Å². The highest BCUT2D eigenvalue weighted by Crippen LogP contribution is 2.23. The SMILES string of the molecule is COC(=O)c1cccc(NC(=O)COc2ccc(C(C)C)c(C)c2)c1. The van der Waals surface area contributed by atoms with Gasteiger partial charge in [0, 0.05) is 5.69 Å². The van der Waals surface area contributed by atoms with Crippen molar-refractivity contribution in [2.45, 2.75) is 26.7 Å². The third-order valence-corrected chi connectivity index (χ3v) is 3.80. The molecule has 1 amide bonds. The molecule has 0 spiro atoms. The first kappa shape index (κ1) is 18.5. The molecule has 0 saturated heterocycles. The Kier molecular flexibility index (Phi) is 6.17. The van der Waals surface area contributed by atoms with Gasteiger partial charge < -0.3 is 14.8 Å². The van der Waals surface area contributed by atoms with Gasteiger partial charge in [0.05, 0.1) is 12.7 Å². The number of nitrogens with one attached hydrogen (secondary N) is 1. The first-order chi connectivity index (χ1) is 11.9. The van der Waals surface area contributed by atoms with Gasteiger partial charge >= 0.3 is 5.97 Å². The molecule has 0 aromatic heterocycles. The normalized spacial score (nSPS) is 10.4. The fraction of sp³-hybridized carbons (Fsp3) is 0.300. The Morgan fingerprint density at radius 2 is 1.88 bits per heavy atom. The third kappa shape index (κ3) is 5.08. The lowest BCUT2D eigenvalue weighted by Gasteiger charge is -2.12. The Morgan fingerprint density at radius 3 is 2.52 bits per heavy atom. The molecule has 0 radical (unpaired) electrons. The topological polar surface area (TPSA) is 64.6 Å². The molecular formula is C20H23NO4. The molecule has 1 N–H and O–H groups in total. The lowest BCUT2D eigenvalue weighted by molar-refractivity contribution is -0.118. The van der Waals surface area contributed by atoms with Crippen molar-refractivity contribution in [1.29, 1.82) is 0 Å². The van der Waals surface area contributed by atoms with Gasteiger partial charge in [-0.25, -0.2) is 4.79 Å². The molecule has 0 aliphatic heterocycles. The van der Waals surface area contributed by atoms with E-state index in [-0.39, 0.29) is 12.5 Å². The van der Waals surface area contributed by atoms with Crippen molar-refractivity contribution in [3.05, 3.63) is 59.2 Å². The molecule has 0 fully saturated rings. The third-order valence-electron chi connectivity index (χ3n) is 3.80. The first-order valence-electron chi connectivity index (χ1n) is 8.12. The summed E-state index contributed by atoms with van der Waals surface area (Å²) in [7, 11) is 1.31. The minimum atomic E-state index is -0.451. The van der Waals surface area contributed by atoms with Crippen LogP contribution in [0.3, 0.4) is 0 Å². The lowest BCUT2D eigenvalue weighted by atomic mass is 9.98. The van der Waals surface area contributed by atoms with Crippen molar-refractivity contribution >= 4 is 17.6 Å². The summed E-state index contributed by atoms with van der Waals surface area (Å²) in [6.45, 7) is 6.20. The van der Waals surface area contributed by atoms with Crippen LogP contribution in [0.1, 0.15) is 41.3 Å². The average Bonchev–Trinajstić information content (AvgIpc) is 2.59. The van der Waals surface area contributed by atoms with Gasteiger partial charge in [0.15, 0.2) is 6.61 Å². The van der Waals surface area contributed by atoms with Crippen molar-refractivity contribution in [3.8, 4) is 5.75 Å². The number of carbonyl (C=O) groups excluding carboxylic acids is 2. The Bertz CT molecular complexity index is 768. The fourth-order valence-electron chi connectivity index (χ4n) is 2.57. The van der Waals surface area contributed by atoms with Gasteiger partial charge in [0.1, 0.15) is 5.75 Å². The Balaban J connectivity index is 1.95. The Hall–Kier alpha value is -2.82. The van der Waals surface area contributed by atoms with Crippen molar-refractivity contribution in [3.63, 3.8) is 0 Å². The molecule has 2 aromatic carbocycles. The number of hydrogen-bond acceptors (Lipinski definition) is 4. The van der Waals surface area contributed by atoms with Crippen LogP contribution in [-0.4, -0.2) is 25.6 Å². The molecule has 5 nitrogen and oxygen atoms in total. The summed E-state index contributed by atoms with van der Waals surface area (Å²) in [4.78, 5) is 23.6. The summed E-state index contributed by atoms with van der Waals surface area (Å²) in [5.41, 5.74) is 3.29. The summed E-state index contributed by atoms with van der Waals surface area (Å²) in [5.74, 6) is 0.348. The molecule has 2 aromatic rings. The predicted molar refractivity (Wildman–Crippen MR) is 97.2 cm³/mol. The number of benzene rings is 2. The van der Waals surface area contributed by atoms with Crippen LogP contribution >= 0.6 is 0 Å². The van der Waals surface area contributed by atoms with Crippen LogP contribution in [0.2, 0.25) is 0 Å². The summed E-state index contributed by atoms with van der Waals surface area (Å²) in [6, 6.07) is 12.4. The van der Waals surface area contributed by atoms with Crippen molar-refractivity contribution in [2.75, 3.05) is 19.0 Å². The van der Waals surface area contributed by atoms with E-state index in [0.29, 0.717) is 22.9 Å². The van der Waals surface area contributed by atoms with Crippen molar-refractivity contribution in [1.82, 2.24) is 0 Å². The number of ether oxygens (including phenoxy) is 2. The molecule has 0 atom stereocenters. The van der Waals surface area contributed by atoms with Gasteiger partial charge in [0.2, 0.25) is 0 Å². The maximum atomic E-state index is 12.0. The van der Waals surface area contributed by atoms with E-state index < -0.39 is 5.97 Å². The lowest BCUT2D eigenvalue weighted by Crippen LogP contribution is -2.20. The van der Waals surface area contributed by atoms with Crippen LogP contribution in [0, 0.1) is 6.92 Å². The summed E-state index contributed by atoms with van der Waals surface area (Å²) in [5, 5.41) is 2.70. The highest BCUT2D eigenvalue weighted by atomic mass is 16.5. The zero-order valence-corrected chi connectivity index (χ0v) is 15.0. The molecule has 0 bridgehead atoms. The van der Waals surface area contributed by atoms with E-state index in [1.165, 1.54) is 12.7 Å². The van der Waals surface area contributed by atoms with Crippen LogP contribution in [0.25, 0.3) is 0 Å². The molecule has 0 unspecified atom stereocenters. The standard InChI is InChI=1S/C20H23NO4/c1-13(2)18-9-8-17(10-14(18)3)25-12-19(22)21-16-7-5-6-15(11-16)20(23)24-4/h5-11,13H,12H2,1-4H3,(H,21,22). The first-order valence-corrected chi connectivity index (χ1v) is 8.12. The minimum absolute atomic E-state index is 0.108. The molecule has 25 heavy (non-hydrogen) atoms. The number of carbonyl (C=O) groups is 2. The molecule has 0 aliphatic carbocycles. The number of esters is 1. The van der Waals surface area contributed by atoms with E-state index in [0.717, 1.165) is 5.56 Å². The number of aryl methyl sites for hydroxylation is 1. The second kappa shape index (κ2) is 8.33. The number of rotatable bonds is 6. The second-order valence-electron chi connectivity index (χ2n) is 6.08. The van der Waals surface area contributed by atoms with Gasteiger partial charge in [-0.05, 0) is 54.3 Å². The fourth-order valence-corrected chi connectivity index (χ4v) is 2.57. The summed E-state index contributed by atoms with van der Waals surface area (Å²) < 4.78 is 10.2. The van der Waals surface area contributed by atoms with Gasteiger partial charge in [-0.15, -0.1) is 0 Å². The monoisotopic (exact) mass is 341 g/mol. The van der Waals surface area contributed by atoms with E-state index in [9.17, 15) is 9.59 Å². The number of hydrogen-bond donors (Lipinski definition) is 1. The van der Waals surface area contributed by atoms with Crippen LogP contribution in [0.4, 0.5) is 5.69 Å². The average molecular weight is 341 g/mol. The molecule has 0 saturated carbocycles. The van der Waals surface area contributed by atoms with Gasteiger partial charge in [0.25, 0.3) is 5.91 Å². The molecule has 5 heteroatoms. The maximum Gasteiger partial charge on any atom is 0.337 e. The smallest absolute Gasteiger partial charge is 0.337 e. The van der Waals surface area contributed by atoms with Crippen LogP contribution in [-0.2, 0) is 9.53 Å². The van der Waals surface area contributed by atoms with Crippen molar-refractivity contribution < 1.29 is 19.1 Å².